The summed E-state index contributed by atoms with van der Waals surface area (Å²) < 4.78 is 25.8. The number of halogens is 1. The van der Waals surface area contributed by atoms with Crippen molar-refractivity contribution in [1.82, 2.24) is 14.9 Å². The fourth-order valence-electron chi connectivity index (χ4n) is 4.16. The molecule has 0 amide bonds. The Morgan fingerprint density at radius 1 is 1.27 bits per heavy atom. The van der Waals surface area contributed by atoms with E-state index in [0.29, 0.717) is 6.61 Å². The number of ether oxygens (including phenoxy) is 2. The smallest absolute Gasteiger partial charge is 0.250 e. The number of hydrogen-bond acceptors (Lipinski definition) is 5. The van der Waals surface area contributed by atoms with Gasteiger partial charge in [0, 0.05) is 50.2 Å². The second-order valence-electron chi connectivity index (χ2n) is 7.26. The maximum Gasteiger partial charge on any atom is 0.250 e. The van der Waals surface area contributed by atoms with Crippen LogP contribution in [0.3, 0.4) is 0 Å². The summed E-state index contributed by atoms with van der Waals surface area (Å²) >= 11 is 0. The molecule has 0 saturated carbocycles. The molecule has 138 valence electrons. The van der Waals surface area contributed by atoms with Gasteiger partial charge < -0.3 is 9.47 Å². The van der Waals surface area contributed by atoms with Crippen LogP contribution in [0.25, 0.3) is 0 Å². The molecule has 4 rings (SSSR count). The Labute approximate surface area is 153 Å². The fraction of sp³-hybridized carbons (Fsp3) is 0.500. The zero-order valence-corrected chi connectivity index (χ0v) is 14.8. The number of rotatable bonds is 5. The van der Waals surface area contributed by atoms with Crippen molar-refractivity contribution in [3.05, 3.63) is 54.2 Å². The highest BCUT2D eigenvalue weighted by atomic mass is 19.1. The van der Waals surface area contributed by atoms with E-state index < -0.39 is 5.82 Å². The van der Waals surface area contributed by atoms with Gasteiger partial charge >= 0.3 is 0 Å². The summed E-state index contributed by atoms with van der Waals surface area (Å²) in [5.41, 5.74) is 1.13. The van der Waals surface area contributed by atoms with Crippen LogP contribution < -0.4 is 4.74 Å². The number of fused-ring (bicyclic) bond motifs is 1. The topological polar surface area (TPSA) is 47.5 Å². The van der Waals surface area contributed by atoms with Crippen LogP contribution in [0.2, 0.25) is 0 Å². The molecule has 0 N–H and O–H groups in total. The molecule has 4 heterocycles. The number of nitrogens with zero attached hydrogens (tertiary/aromatic N) is 3. The first-order valence-electron chi connectivity index (χ1n) is 9.21. The summed E-state index contributed by atoms with van der Waals surface area (Å²) in [6.45, 7) is 3.99. The average Bonchev–Trinajstić information content (AvgIpc) is 2.68. The van der Waals surface area contributed by atoms with Gasteiger partial charge in [0.15, 0.2) is 5.82 Å². The van der Waals surface area contributed by atoms with Gasteiger partial charge in [-0.25, -0.2) is 9.37 Å². The molecule has 0 bridgehead atoms. The Hall–Kier alpha value is -2.05. The Balaban J connectivity index is 1.48. The molecule has 2 aromatic heterocycles. The number of aromatic nitrogens is 2. The minimum atomic E-state index is -0.415. The van der Waals surface area contributed by atoms with Gasteiger partial charge in [0.2, 0.25) is 5.88 Å². The van der Waals surface area contributed by atoms with E-state index in [1.54, 1.807) is 12.3 Å². The first-order valence-corrected chi connectivity index (χ1v) is 9.21. The van der Waals surface area contributed by atoms with E-state index in [4.69, 9.17) is 9.47 Å². The third-order valence-electron chi connectivity index (χ3n) is 5.44. The summed E-state index contributed by atoms with van der Waals surface area (Å²) in [4.78, 5) is 10.6. The minimum Gasteiger partial charge on any atom is -0.475 e. The molecule has 0 spiro atoms. The Bertz CT molecular complexity index is 730. The Morgan fingerprint density at radius 3 is 3.00 bits per heavy atom. The average molecular weight is 357 g/mol. The molecule has 2 aromatic rings. The zero-order valence-electron chi connectivity index (χ0n) is 14.8. The largest absolute Gasteiger partial charge is 0.475 e. The van der Waals surface area contributed by atoms with E-state index in [9.17, 15) is 4.39 Å². The van der Waals surface area contributed by atoms with Crippen LogP contribution in [-0.2, 0) is 11.3 Å². The number of hydrogen-bond donors (Lipinski definition) is 0. The quantitative estimate of drug-likeness (QED) is 0.823. The molecule has 2 fully saturated rings. The molecule has 5 nitrogen and oxygen atoms in total. The molecular weight excluding hydrogens is 333 g/mol. The van der Waals surface area contributed by atoms with E-state index in [1.807, 2.05) is 12.4 Å². The molecule has 0 aliphatic carbocycles. The predicted octanol–water partition coefficient (Wildman–Crippen LogP) is 3.07. The number of piperidine rings is 1. The second kappa shape index (κ2) is 7.68. The molecule has 2 saturated heterocycles. The lowest BCUT2D eigenvalue weighted by atomic mass is 9.73. The molecule has 0 unspecified atom stereocenters. The van der Waals surface area contributed by atoms with E-state index >= 15 is 0 Å². The first-order chi connectivity index (χ1) is 12.8. The highest BCUT2D eigenvalue weighted by Gasteiger charge is 2.46. The van der Waals surface area contributed by atoms with Gasteiger partial charge in [-0.3, -0.25) is 9.88 Å². The van der Waals surface area contributed by atoms with Crippen LogP contribution in [-0.4, -0.2) is 47.3 Å². The zero-order chi connectivity index (χ0) is 17.8. The summed E-state index contributed by atoms with van der Waals surface area (Å²) in [7, 11) is 0. The molecule has 2 aliphatic heterocycles. The molecular formula is C20H24FN3O2. The third kappa shape index (κ3) is 3.71. The maximum absolute atomic E-state index is 13.9. The highest BCUT2D eigenvalue weighted by Crippen LogP contribution is 2.41. The van der Waals surface area contributed by atoms with Gasteiger partial charge in [-0.1, -0.05) is 0 Å². The highest BCUT2D eigenvalue weighted by molar-refractivity contribution is 5.14. The van der Waals surface area contributed by atoms with Crippen LogP contribution in [0.1, 0.15) is 24.8 Å². The Morgan fingerprint density at radius 2 is 2.15 bits per heavy atom. The van der Waals surface area contributed by atoms with E-state index in [0.717, 1.165) is 45.5 Å². The molecule has 0 radical (unpaired) electrons. The van der Waals surface area contributed by atoms with E-state index in [-0.39, 0.29) is 17.4 Å². The minimum absolute atomic E-state index is 0.0810. The molecule has 26 heavy (non-hydrogen) atoms. The SMILES string of the molecule is Fc1cccnc1OC[C@@]12CCCO[C@H]1CCN(Cc1ccncc1)C2. The third-order valence-corrected chi connectivity index (χ3v) is 5.44. The molecule has 6 heteroatoms. The summed E-state index contributed by atoms with van der Waals surface area (Å²) in [6.07, 6.45) is 8.38. The van der Waals surface area contributed by atoms with Crippen molar-refractivity contribution in [3.8, 4) is 5.88 Å². The van der Waals surface area contributed by atoms with Crippen molar-refractivity contribution in [3.63, 3.8) is 0 Å². The van der Waals surface area contributed by atoms with Crippen molar-refractivity contribution in [2.45, 2.75) is 31.9 Å². The van der Waals surface area contributed by atoms with Crippen molar-refractivity contribution < 1.29 is 13.9 Å². The van der Waals surface area contributed by atoms with Gasteiger partial charge in [-0.05, 0) is 49.1 Å². The molecule has 0 aromatic carbocycles. The van der Waals surface area contributed by atoms with Crippen LogP contribution in [0.4, 0.5) is 4.39 Å². The maximum atomic E-state index is 13.9. The van der Waals surface area contributed by atoms with Crippen LogP contribution in [0.15, 0.2) is 42.9 Å². The molecule has 2 atom stereocenters. The van der Waals surface area contributed by atoms with Crippen molar-refractivity contribution in [2.75, 3.05) is 26.3 Å². The lowest BCUT2D eigenvalue weighted by molar-refractivity contribution is -0.141. The number of pyridine rings is 2. The normalized spacial score (nSPS) is 26.3. The monoisotopic (exact) mass is 357 g/mol. The van der Waals surface area contributed by atoms with Crippen molar-refractivity contribution >= 4 is 0 Å². The van der Waals surface area contributed by atoms with Crippen molar-refractivity contribution in [1.29, 1.82) is 0 Å². The van der Waals surface area contributed by atoms with Gasteiger partial charge in [-0.15, -0.1) is 0 Å². The first kappa shape index (κ1) is 17.4. The Kier molecular flexibility index (Phi) is 5.13. The van der Waals surface area contributed by atoms with Gasteiger partial charge in [0.05, 0.1) is 12.7 Å². The predicted molar refractivity (Wildman–Crippen MR) is 95.2 cm³/mol. The molecule has 2 aliphatic rings. The van der Waals surface area contributed by atoms with Crippen LogP contribution in [0, 0.1) is 11.2 Å². The van der Waals surface area contributed by atoms with Gasteiger partial charge in [0.25, 0.3) is 0 Å². The van der Waals surface area contributed by atoms with Crippen LogP contribution in [0.5, 0.6) is 5.88 Å². The van der Waals surface area contributed by atoms with E-state index in [1.165, 1.54) is 11.6 Å². The number of likely N-dealkylation sites (tertiary alicyclic amines) is 1. The standard InChI is InChI=1S/C20H24FN3O2/c21-17-3-1-8-23-19(17)26-15-20-7-2-12-25-18(20)6-11-24(14-20)13-16-4-9-22-10-5-16/h1,3-5,8-10,18H,2,6-7,11-15H2/t18-,20-/m0/s1. The summed E-state index contributed by atoms with van der Waals surface area (Å²) in [5, 5.41) is 0. The second-order valence-corrected chi connectivity index (χ2v) is 7.26. The van der Waals surface area contributed by atoms with Crippen molar-refractivity contribution in [2.24, 2.45) is 5.41 Å². The van der Waals surface area contributed by atoms with Gasteiger partial charge in [-0.2, -0.15) is 0 Å². The fourth-order valence-corrected chi connectivity index (χ4v) is 4.16. The van der Waals surface area contributed by atoms with Gasteiger partial charge in [0.1, 0.15) is 0 Å². The summed E-state index contributed by atoms with van der Waals surface area (Å²) in [5.74, 6) is -0.334. The lowest BCUT2D eigenvalue weighted by Gasteiger charge is -2.50. The summed E-state index contributed by atoms with van der Waals surface area (Å²) in [6, 6.07) is 7.06. The van der Waals surface area contributed by atoms with Crippen LogP contribution >= 0.6 is 0 Å². The lowest BCUT2D eigenvalue weighted by Crippen LogP contribution is -2.57. The van der Waals surface area contributed by atoms with E-state index in [2.05, 4.69) is 27.0 Å².